The fourth-order valence-corrected chi connectivity index (χ4v) is 4.58. The molecule has 1 aromatic heterocycles. The SMILES string of the molecule is O=C(O)c1ccc(Br)c(NC(=O)c2cc(Br)sc2Br)c1. The van der Waals surface area contributed by atoms with Crippen LogP contribution in [0.2, 0.25) is 0 Å². The summed E-state index contributed by atoms with van der Waals surface area (Å²) < 4.78 is 2.14. The molecule has 0 aliphatic rings. The van der Waals surface area contributed by atoms with Crippen molar-refractivity contribution in [2.24, 2.45) is 0 Å². The third kappa shape index (κ3) is 3.49. The number of anilines is 1. The Balaban J connectivity index is 2.30. The van der Waals surface area contributed by atoms with Crippen molar-refractivity contribution in [3.05, 3.63) is 47.4 Å². The summed E-state index contributed by atoms with van der Waals surface area (Å²) in [6.07, 6.45) is 0. The van der Waals surface area contributed by atoms with Crippen LogP contribution in [0.4, 0.5) is 5.69 Å². The number of hydrogen-bond acceptors (Lipinski definition) is 3. The molecule has 0 radical (unpaired) electrons. The summed E-state index contributed by atoms with van der Waals surface area (Å²) in [5.41, 5.74) is 0.993. The summed E-state index contributed by atoms with van der Waals surface area (Å²) >= 11 is 11.3. The summed E-state index contributed by atoms with van der Waals surface area (Å²) in [6, 6.07) is 6.13. The molecule has 2 rings (SSSR count). The lowest BCUT2D eigenvalue weighted by Crippen LogP contribution is -2.12. The highest BCUT2D eigenvalue weighted by Gasteiger charge is 2.16. The predicted octanol–water partition coefficient (Wildman–Crippen LogP) is 4.99. The molecule has 0 saturated carbocycles. The minimum atomic E-state index is -1.05. The molecule has 2 aromatic rings. The zero-order valence-corrected chi connectivity index (χ0v) is 15.2. The van der Waals surface area contributed by atoms with Crippen LogP contribution < -0.4 is 5.32 Å². The standard InChI is InChI=1S/C12H6Br3NO3S/c13-7-2-1-5(12(18)19)3-8(7)16-11(17)6-4-9(14)20-10(6)15/h1-4H,(H,16,17)(H,18,19). The van der Waals surface area contributed by atoms with Gasteiger partial charge in [-0.3, -0.25) is 4.79 Å². The highest BCUT2D eigenvalue weighted by atomic mass is 79.9. The van der Waals surface area contributed by atoms with Crippen LogP contribution in [0.15, 0.2) is 36.3 Å². The third-order valence-electron chi connectivity index (χ3n) is 2.36. The molecule has 8 heteroatoms. The van der Waals surface area contributed by atoms with E-state index in [0.29, 0.717) is 19.5 Å². The summed E-state index contributed by atoms with van der Waals surface area (Å²) in [4.78, 5) is 23.1. The first kappa shape index (κ1) is 15.7. The van der Waals surface area contributed by atoms with E-state index in [2.05, 4.69) is 53.1 Å². The van der Waals surface area contributed by atoms with E-state index in [9.17, 15) is 9.59 Å². The van der Waals surface area contributed by atoms with Crippen molar-refractivity contribution >= 4 is 76.7 Å². The molecule has 0 saturated heterocycles. The second kappa shape index (κ2) is 6.38. The zero-order valence-electron chi connectivity index (χ0n) is 9.62. The average Bonchev–Trinajstić information content (AvgIpc) is 2.71. The summed E-state index contributed by atoms with van der Waals surface area (Å²) in [7, 11) is 0. The van der Waals surface area contributed by atoms with Gasteiger partial charge in [0, 0.05) is 4.47 Å². The maximum atomic E-state index is 12.2. The van der Waals surface area contributed by atoms with Crippen LogP contribution in [-0.4, -0.2) is 17.0 Å². The van der Waals surface area contributed by atoms with E-state index >= 15 is 0 Å². The molecule has 0 aliphatic carbocycles. The summed E-state index contributed by atoms with van der Waals surface area (Å²) in [5, 5.41) is 11.6. The molecule has 2 N–H and O–H groups in total. The normalized spacial score (nSPS) is 10.3. The second-order valence-electron chi connectivity index (χ2n) is 3.69. The number of rotatable bonds is 3. The topological polar surface area (TPSA) is 66.4 Å². The van der Waals surface area contributed by atoms with Gasteiger partial charge in [0.25, 0.3) is 5.91 Å². The van der Waals surface area contributed by atoms with E-state index in [4.69, 9.17) is 5.11 Å². The number of amides is 1. The van der Waals surface area contributed by atoms with Gasteiger partial charge in [-0.25, -0.2) is 4.79 Å². The van der Waals surface area contributed by atoms with Crippen molar-refractivity contribution < 1.29 is 14.7 Å². The molecule has 0 aliphatic heterocycles. The molecule has 20 heavy (non-hydrogen) atoms. The molecular weight excluding hydrogens is 478 g/mol. The fourth-order valence-electron chi connectivity index (χ4n) is 1.44. The number of carboxylic acid groups (broad SMARTS) is 1. The van der Waals surface area contributed by atoms with E-state index in [1.807, 2.05) is 0 Å². The summed E-state index contributed by atoms with van der Waals surface area (Å²) in [6.45, 7) is 0. The van der Waals surface area contributed by atoms with Crippen molar-refractivity contribution in [3.8, 4) is 0 Å². The Bertz CT molecular complexity index is 699. The van der Waals surface area contributed by atoms with Gasteiger partial charge in [-0.05, 0) is 72.1 Å². The second-order valence-corrected chi connectivity index (χ2v) is 8.30. The van der Waals surface area contributed by atoms with E-state index in [0.717, 1.165) is 3.79 Å². The number of halogens is 3. The lowest BCUT2D eigenvalue weighted by molar-refractivity contribution is 0.0696. The largest absolute Gasteiger partial charge is 0.478 e. The van der Waals surface area contributed by atoms with Gasteiger partial charge in [0.1, 0.15) is 0 Å². The Hall–Kier alpha value is -0.700. The molecule has 1 heterocycles. The Labute approximate surface area is 143 Å². The van der Waals surface area contributed by atoms with Crippen molar-refractivity contribution in [2.45, 2.75) is 0 Å². The van der Waals surface area contributed by atoms with Gasteiger partial charge in [-0.15, -0.1) is 11.3 Å². The number of carbonyl (C=O) groups excluding carboxylic acids is 1. The lowest BCUT2D eigenvalue weighted by atomic mass is 10.2. The van der Waals surface area contributed by atoms with Gasteiger partial charge in [0.15, 0.2) is 0 Å². The van der Waals surface area contributed by atoms with Gasteiger partial charge in [-0.1, -0.05) is 0 Å². The van der Waals surface area contributed by atoms with Gasteiger partial charge in [0.05, 0.1) is 24.4 Å². The van der Waals surface area contributed by atoms with Gasteiger partial charge in [0.2, 0.25) is 0 Å². The molecular formula is C12H6Br3NO3S. The number of thiophene rings is 1. The minimum Gasteiger partial charge on any atom is -0.478 e. The van der Waals surface area contributed by atoms with Crippen LogP contribution in [0.25, 0.3) is 0 Å². The van der Waals surface area contributed by atoms with Crippen molar-refractivity contribution in [1.29, 1.82) is 0 Å². The molecule has 104 valence electrons. The van der Waals surface area contributed by atoms with Crippen LogP contribution in [0.5, 0.6) is 0 Å². The number of hydrogen-bond donors (Lipinski definition) is 2. The Morgan fingerprint density at radius 2 is 1.85 bits per heavy atom. The predicted molar refractivity (Wildman–Crippen MR) is 88.8 cm³/mol. The van der Waals surface area contributed by atoms with E-state index in [1.54, 1.807) is 12.1 Å². The van der Waals surface area contributed by atoms with Crippen LogP contribution in [-0.2, 0) is 0 Å². The van der Waals surface area contributed by atoms with Crippen molar-refractivity contribution in [3.63, 3.8) is 0 Å². The van der Waals surface area contributed by atoms with Gasteiger partial charge < -0.3 is 10.4 Å². The van der Waals surface area contributed by atoms with Crippen LogP contribution in [0, 0.1) is 0 Å². The minimum absolute atomic E-state index is 0.106. The van der Waals surface area contributed by atoms with E-state index in [1.165, 1.54) is 23.5 Å². The molecule has 0 spiro atoms. The molecule has 0 fully saturated rings. The number of carbonyl (C=O) groups is 2. The molecule has 1 amide bonds. The number of nitrogens with one attached hydrogen (secondary N) is 1. The molecule has 4 nitrogen and oxygen atoms in total. The number of carboxylic acids is 1. The smallest absolute Gasteiger partial charge is 0.335 e. The van der Waals surface area contributed by atoms with Crippen molar-refractivity contribution in [1.82, 2.24) is 0 Å². The quantitative estimate of drug-likeness (QED) is 0.646. The van der Waals surface area contributed by atoms with Gasteiger partial charge in [-0.2, -0.15) is 0 Å². The first-order valence-electron chi connectivity index (χ1n) is 5.17. The van der Waals surface area contributed by atoms with Crippen molar-refractivity contribution in [2.75, 3.05) is 5.32 Å². The lowest BCUT2D eigenvalue weighted by Gasteiger charge is -2.08. The van der Waals surface area contributed by atoms with E-state index < -0.39 is 5.97 Å². The van der Waals surface area contributed by atoms with E-state index in [-0.39, 0.29) is 11.5 Å². The maximum Gasteiger partial charge on any atom is 0.335 e. The highest BCUT2D eigenvalue weighted by Crippen LogP contribution is 2.33. The Morgan fingerprint density at radius 3 is 2.40 bits per heavy atom. The molecule has 0 atom stereocenters. The first-order chi connectivity index (χ1) is 9.38. The zero-order chi connectivity index (χ0) is 14.9. The van der Waals surface area contributed by atoms with Crippen LogP contribution in [0.3, 0.4) is 0 Å². The third-order valence-corrected chi connectivity index (χ3v) is 5.39. The van der Waals surface area contributed by atoms with Crippen LogP contribution in [0.1, 0.15) is 20.7 Å². The maximum absolute atomic E-state index is 12.2. The first-order valence-corrected chi connectivity index (χ1v) is 8.37. The fraction of sp³-hybridized carbons (Fsp3) is 0. The highest BCUT2D eigenvalue weighted by molar-refractivity contribution is 9.12. The van der Waals surface area contributed by atoms with Gasteiger partial charge >= 0.3 is 5.97 Å². The molecule has 0 bridgehead atoms. The monoisotopic (exact) mass is 481 g/mol. The molecule has 0 unspecified atom stereocenters. The van der Waals surface area contributed by atoms with Crippen LogP contribution >= 0.6 is 59.1 Å². The number of aromatic carboxylic acids is 1. The molecule has 1 aromatic carbocycles. The number of benzene rings is 1. The summed E-state index contributed by atoms with van der Waals surface area (Å²) in [5.74, 6) is -1.37. The Morgan fingerprint density at radius 1 is 1.15 bits per heavy atom. The average molecular weight is 484 g/mol. The Kier molecular flexibility index (Phi) is 5.00.